The summed E-state index contributed by atoms with van der Waals surface area (Å²) in [6, 6.07) is 9.72. The lowest BCUT2D eigenvalue weighted by Crippen LogP contribution is -2.39. The number of nitrogens with one attached hydrogen (secondary N) is 2. The molecule has 0 saturated carbocycles. The molecule has 4 heteroatoms. The minimum absolute atomic E-state index is 0.0220. The van der Waals surface area contributed by atoms with E-state index in [1.165, 1.54) is 0 Å². The molecule has 0 spiro atoms. The predicted molar refractivity (Wildman–Crippen MR) is 67.0 cm³/mol. The Bertz CT molecular complexity index is 299. The molecule has 3 nitrogen and oxygen atoms in total. The van der Waals surface area contributed by atoms with E-state index in [1.807, 2.05) is 37.3 Å². The van der Waals surface area contributed by atoms with Gasteiger partial charge in [0.2, 0.25) is 0 Å². The Labute approximate surface area is 95.5 Å². The Hall–Kier alpha value is -1.13. The van der Waals surface area contributed by atoms with E-state index in [0.717, 1.165) is 12.1 Å². The van der Waals surface area contributed by atoms with Gasteiger partial charge in [-0.3, -0.25) is 0 Å². The Morgan fingerprint density at radius 2 is 2.07 bits per heavy atom. The van der Waals surface area contributed by atoms with Gasteiger partial charge in [0, 0.05) is 5.69 Å². The van der Waals surface area contributed by atoms with Crippen molar-refractivity contribution in [2.45, 2.75) is 19.4 Å². The van der Waals surface area contributed by atoms with Gasteiger partial charge in [-0.15, -0.1) is 0 Å². The molecule has 0 amide bonds. The number of anilines is 1. The van der Waals surface area contributed by atoms with Crippen LogP contribution in [0.25, 0.3) is 0 Å². The van der Waals surface area contributed by atoms with Crippen LogP contribution in [0.15, 0.2) is 30.3 Å². The second-order valence-electron chi connectivity index (χ2n) is 3.25. The van der Waals surface area contributed by atoms with Crippen LogP contribution in [0.5, 0.6) is 0 Å². The van der Waals surface area contributed by atoms with Gasteiger partial charge in [-0.05, 0) is 30.8 Å². The van der Waals surface area contributed by atoms with E-state index in [0.29, 0.717) is 5.11 Å². The van der Waals surface area contributed by atoms with E-state index in [2.05, 4.69) is 10.6 Å². The summed E-state index contributed by atoms with van der Waals surface area (Å²) in [5.41, 5.74) is 0.947. The number of benzene rings is 1. The highest BCUT2D eigenvalue weighted by Crippen LogP contribution is 2.04. The second-order valence-corrected chi connectivity index (χ2v) is 3.66. The second kappa shape index (κ2) is 6.37. The molecule has 0 bridgehead atoms. The number of hydrogen-bond donors (Lipinski definition) is 3. The van der Waals surface area contributed by atoms with E-state index in [1.54, 1.807) is 0 Å². The minimum Gasteiger partial charge on any atom is -0.394 e. The third-order valence-electron chi connectivity index (χ3n) is 2.08. The van der Waals surface area contributed by atoms with Gasteiger partial charge < -0.3 is 15.7 Å². The first-order valence-electron chi connectivity index (χ1n) is 4.99. The minimum atomic E-state index is 0.0220. The third kappa shape index (κ3) is 4.27. The van der Waals surface area contributed by atoms with E-state index in [4.69, 9.17) is 17.3 Å². The lowest BCUT2D eigenvalue weighted by molar-refractivity contribution is 0.253. The number of thiocarbonyl (C=S) groups is 1. The summed E-state index contributed by atoms with van der Waals surface area (Å²) < 4.78 is 0. The molecule has 1 aromatic rings. The smallest absolute Gasteiger partial charge is 0.171 e. The quantitative estimate of drug-likeness (QED) is 0.682. The highest BCUT2D eigenvalue weighted by molar-refractivity contribution is 7.80. The molecule has 82 valence electrons. The molecule has 0 aromatic heterocycles. The first-order chi connectivity index (χ1) is 7.26. The lowest BCUT2D eigenvalue weighted by atomic mass is 10.2. The Morgan fingerprint density at radius 1 is 1.40 bits per heavy atom. The SMILES string of the molecule is CC[C@H](CO)NC(=S)Nc1ccccc1. The summed E-state index contributed by atoms with van der Waals surface area (Å²) in [5.74, 6) is 0. The average Bonchev–Trinajstić information content (AvgIpc) is 2.27. The monoisotopic (exact) mass is 224 g/mol. The van der Waals surface area contributed by atoms with Gasteiger partial charge in [-0.2, -0.15) is 0 Å². The molecule has 0 heterocycles. The highest BCUT2D eigenvalue weighted by Gasteiger charge is 2.05. The van der Waals surface area contributed by atoms with E-state index in [9.17, 15) is 0 Å². The fraction of sp³-hybridized carbons (Fsp3) is 0.364. The van der Waals surface area contributed by atoms with Gasteiger partial charge in [0.15, 0.2) is 5.11 Å². The molecule has 0 aliphatic heterocycles. The molecule has 1 rings (SSSR count). The summed E-state index contributed by atoms with van der Waals surface area (Å²) in [6.45, 7) is 2.09. The maximum absolute atomic E-state index is 8.99. The molecule has 0 aliphatic rings. The van der Waals surface area contributed by atoms with Gasteiger partial charge in [0.1, 0.15) is 0 Å². The summed E-state index contributed by atoms with van der Waals surface area (Å²) in [5, 5.41) is 15.6. The predicted octanol–water partition coefficient (Wildman–Crippen LogP) is 1.74. The van der Waals surface area contributed by atoms with Crippen LogP contribution in [0, 0.1) is 0 Å². The number of hydrogen-bond acceptors (Lipinski definition) is 2. The highest BCUT2D eigenvalue weighted by atomic mass is 32.1. The van der Waals surface area contributed by atoms with Crippen molar-refractivity contribution in [3.05, 3.63) is 30.3 Å². The lowest BCUT2D eigenvalue weighted by Gasteiger charge is -2.17. The standard InChI is InChI=1S/C11H16N2OS/c1-2-9(8-14)12-11(15)13-10-6-4-3-5-7-10/h3-7,9,14H,2,8H2,1H3,(H2,12,13,15)/t9-/m1/s1. The molecule has 15 heavy (non-hydrogen) atoms. The zero-order valence-electron chi connectivity index (χ0n) is 8.73. The molecule has 0 radical (unpaired) electrons. The van der Waals surface area contributed by atoms with Crippen molar-refractivity contribution in [2.75, 3.05) is 11.9 Å². The molecule has 1 atom stereocenters. The third-order valence-corrected chi connectivity index (χ3v) is 2.30. The van der Waals surface area contributed by atoms with Gasteiger partial charge in [0.05, 0.1) is 12.6 Å². The van der Waals surface area contributed by atoms with Gasteiger partial charge in [-0.1, -0.05) is 25.1 Å². The number of aliphatic hydroxyl groups is 1. The van der Waals surface area contributed by atoms with Crippen LogP contribution in [0.4, 0.5) is 5.69 Å². The van der Waals surface area contributed by atoms with Crippen molar-refractivity contribution in [2.24, 2.45) is 0 Å². The molecule has 0 fully saturated rings. The van der Waals surface area contributed by atoms with Crippen LogP contribution in [-0.4, -0.2) is 22.9 Å². The normalized spacial score (nSPS) is 11.9. The summed E-state index contributed by atoms with van der Waals surface area (Å²) in [6.07, 6.45) is 0.840. The maximum atomic E-state index is 8.99. The fourth-order valence-corrected chi connectivity index (χ4v) is 1.44. The number of aliphatic hydroxyl groups excluding tert-OH is 1. The van der Waals surface area contributed by atoms with Crippen molar-refractivity contribution < 1.29 is 5.11 Å². The molecule has 0 saturated heterocycles. The van der Waals surface area contributed by atoms with E-state index >= 15 is 0 Å². The molecule has 1 aromatic carbocycles. The van der Waals surface area contributed by atoms with Crippen LogP contribution < -0.4 is 10.6 Å². The Kier molecular flexibility index (Phi) is 5.07. The van der Waals surface area contributed by atoms with E-state index < -0.39 is 0 Å². The molecular weight excluding hydrogens is 208 g/mol. The largest absolute Gasteiger partial charge is 0.394 e. The summed E-state index contributed by atoms with van der Waals surface area (Å²) >= 11 is 5.11. The van der Waals surface area contributed by atoms with E-state index in [-0.39, 0.29) is 12.6 Å². The van der Waals surface area contributed by atoms with Crippen LogP contribution >= 0.6 is 12.2 Å². The van der Waals surface area contributed by atoms with Gasteiger partial charge in [-0.25, -0.2) is 0 Å². The Balaban J connectivity index is 2.43. The summed E-state index contributed by atoms with van der Waals surface area (Å²) in [4.78, 5) is 0. The van der Waals surface area contributed by atoms with Crippen LogP contribution in [-0.2, 0) is 0 Å². The molecular formula is C11H16N2OS. The molecule has 3 N–H and O–H groups in total. The van der Waals surface area contributed by atoms with Gasteiger partial charge in [0.25, 0.3) is 0 Å². The van der Waals surface area contributed by atoms with Crippen molar-refractivity contribution in [3.63, 3.8) is 0 Å². The first kappa shape index (κ1) is 11.9. The summed E-state index contributed by atoms with van der Waals surface area (Å²) in [7, 11) is 0. The fourth-order valence-electron chi connectivity index (χ4n) is 1.15. The van der Waals surface area contributed by atoms with Crippen LogP contribution in [0.1, 0.15) is 13.3 Å². The van der Waals surface area contributed by atoms with Crippen LogP contribution in [0.3, 0.4) is 0 Å². The van der Waals surface area contributed by atoms with Crippen molar-refractivity contribution in [1.82, 2.24) is 5.32 Å². The average molecular weight is 224 g/mol. The Morgan fingerprint density at radius 3 is 2.60 bits per heavy atom. The van der Waals surface area contributed by atoms with Crippen molar-refractivity contribution >= 4 is 23.0 Å². The van der Waals surface area contributed by atoms with Crippen molar-refractivity contribution in [3.8, 4) is 0 Å². The zero-order chi connectivity index (χ0) is 11.1. The molecule has 0 unspecified atom stereocenters. The molecule has 0 aliphatic carbocycles. The van der Waals surface area contributed by atoms with Crippen molar-refractivity contribution in [1.29, 1.82) is 0 Å². The first-order valence-corrected chi connectivity index (χ1v) is 5.40. The maximum Gasteiger partial charge on any atom is 0.171 e. The van der Waals surface area contributed by atoms with Crippen LogP contribution in [0.2, 0.25) is 0 Å². The topological polar surface area (TPSA) is 44.3 Å². The number of rotatable bonds is 4. The number of para-hydroxylation sites is 1. The van der Waals surface area contributed by atoms with Gasteiger partial charge >= 0.3 is 0 Å². The zero-order valence-corrected chi connectivity index (χ0v) is 9.55.